The van der Waals surface area contributed by atoms with Gasteiger partial charge < -0.3 is 19.7 Å². The first-order chi connectivity index (χ1) is 12.4. The van der Waals surface area contributed by atoms with Crippen molar-refractivity contribution in [2.24, 2.45) is 5.73 Å². The van der Waals surface area contributed by atoms with Gasteiger partial charge in [-0.15, -0.1) is 12.4 Å². The topological polar surface area (TPSA) is 83.4 Å². The van der Waals surface area contributed by atoms with Crippen LogP contribution in [0.5, 0.6) is 11.5 Å². The first-order valence-corrected chi connectivity index (χ1v) is 7.70. The second-order valence-electron chi connectivity index (χ2n) is 5.76. The first-order valence-electron chi connectivity index (χ1n) is 7.70. The van der Waals surface area contributed by atoms with E-state index in [2.05, 4.69) is 19.6 Å². The molecule has 1 aromatic carbocycles. The Morgan fingerprint density at radius 1 is 1.11 bits per heavy atom. The summed E-state index contributed by atoms with van der Waals surface area (Å²) < 4.78 is 63.2. The molecule has 0 unspecified atom stereocenters. The van der Waals surface area contributed by atoms with Crippen molar-refractivity contribution in [1.29, 1.82) is 0 Å². The molecule has 0 saturated heterocycles. The molecule has 2 aromatic rings. The molecule has 0 radical (unpaired) electrons. The average Bonchev–Trinajstić information content (AvgIpc) is 3.00. The predicted octanol–water partition coefficient (Wildman–Crippen LogP) is 4.20. The van der Waals surface area contributed by atoms with Gasteiger partial charge in [-0.2, -0.15) is 22.5 Å². The van der Waals surface area contributed by atoms with Crippen LogP contribution in [0.4, 0.5) is 17.6 Å². The SMILES string of the molecule is Cl.NC1(c2noc(/C=C/c3ccc(OC(F)F)cc3OC(F)F)n2)CCC1. The van der Waals surface area contributed by atoms with Gasteiger partial charge in [0.1, 0.15) is 11.5 Å². The molecule has 6 nitrogen and oxygen atoms in total. The third-order valence-corrected chi connectivity index (χ3v) is 3.96. The largest absolute Gasteiger partial charge is 0.435 e. The van der Waals surface area contributed by atoms with E-state index in [1.54, 1.807) is 0 Å². The highest BCUT2D eigenvalue weighted by Crippen LogP contribution is 2.37. The fourth-order valence-corrected chi connectivity index (χ4v) is 2.47. The molecule has 2 N–H and O–H groups in total. The van der Waals surface area contributed by atoms with Gasteiger partial charge in [0.15, 0.2) is 5.82 Å². The Hall–Kier alpha value is -2.33. The standard InChI is InChI=1S/C16H15F4N3O3.ClH/c17-14(18)24-10-4-2-9(11(8-10)25-15(19)20)3-5-12-22-13(23-26-12)16(21)6-1-7-16;/h2-5,8,14-15H,1,6-7,21H2;1H/b5-3+;. The third-order valence-electron chi connectivity index (χ3n) is 3.96. The van der Waals surface area contributed by atoms with E-state index in [9.17, 15) is 17.6 Å². The fourth-order valence-electron chi connectivity index (χ4n) is 2.47. The minimum absolute atomic E-state index is 0. The van der Waals surface area contributed by atoms with Gasteiger partial charge in [-0.1, -0.05) is 5.16 Å². The number of halogens is 5. The summed E-state index contributed by atoms with van der Waals surface area (Å²) in [6.07, 6.45) is 5.27. The number of nitrogens with two attached hydrogens (primary N) is 1. The van der Waals surface area contributed by atoms with Crippen molar-refractivity contribution in [2.45, 2.75) is 38.0 Å². The molecule has 0 spiro atoms. The summed E-state index contributed by atoms with van der Waals surface area (Å²) in [6, 6.07) is 3.44. The molecule has 3 rings (SSSR count). The van der Waals surface area contributed by atoms with Crippen LogP contribution in [-0.4, -0.2) is 23.4 Å². The van der Waals surface area contributed by atoms with Crippen LogP contribution in [-0.2, 0) is 5.54 Å². The van der Waals surface area contributed by atoms with E-state index in [0.717, 1.165) is 25.3 Å². The van der Waals surface area contributed by atoms with Crippen molar-refractivity contribution in [2.75, 3.05) is 0 Å². The summed E-state index contributed by atoms with van der Waals surface area (Å²) in [5, 5.41) is 3.82. The molecule has 27 heavy (non-hydrogen) atoms. The van der Waals surface area contributed by atoms with E-state index in [0.29, 0.717) is 5.82 Å². The van der Waals surface area contributed by atoms with Crippen molar-refractivity contribution < 1.29 is 31.6 Å². The van der Waals surface area contributed by atoms with Crippen molar-refractivity contribution in [3.63, 3.8) is 0 Å². The third kappa shape index (κ3) is 5.10. The summed E-state index contributed by atoms with van der Waals surface area (Å²) in [4.78, 5) is 4.16. The minimum atomic E-state index is -3.13. The minimum Gasteiger partial charge on any atom is -0.435 e. The number of alkyl halides is 4. The molecule has 0 amide bonds. The van der Waals surface area contributed by atoms with Crippen LogP contribution in [0.15, 0.2) is 22.7 Å². The Kier molecular flexibility index (Phi) is 6.66. The zero-order valence-electron chi connectivity index (χ0n) is 13.8. The molecule has 0 aliphatic heterocycles. The van der Waals surface area contributed by atoms with Gasteiger partial charge in [0, 0.05) is 17.7 Å². The highest BCUT2D eigenvalue weighted by Gasteiger charge is 2.38. The molecule has 1 aliphatic rings. The first kappa shape index (κ1) is 21.0. The molecule has 11 heteroatoms. The van der Waals surface area contributed by atoms with Crippen molar-refractivity contribution in [3.05, 3.63) is 35.5 Å². The lowest BCUT2D eigenvalue weighted by molar-refractivity contribution is -0.0543. The van der Waals surface area contributed by atoms with Gasteiger partial charge in [-0.3, -0.25) is 0 Å². The van der Waals surface area contributed by atoms with Crippen LogP contribution in [0.2, 0.25) is 0 Å². The molecular formula is C16H16ClF4N3O3. The number of hydrogen-bond donors (Lipinski definition) is 1. The van der Waals surface area contributed by atoms with Gasteiger partial charge in [0.2, 0.25) is 0 Å². The van der Waals surface area contributed by atoms with Gasteiger partial charge in [-0.25, -0.2) is 0 Å². The second-order valence-corrected chi connectivity index (χ2v) is 5.76. The van der Waals surface area contributed by atoms with Gasteiger partial charge in [0.25, 0.3) is 5.89 Å². The van der Waals surface area contributed by atoms with E-state index in [1.807, 2.05) is 0 Å². The summed E-state index contributed by atoms with van der Waals surface area (Å²) in [7, 11) is 0. The smallest absolute Gasteiger partial charge is 0.387 e. The van der Waals surface area contributed by atoms with Crippen LogP contribution in [0, 0.1) is 0 Å². The predicted molar refractivity (Wildman–Crippen MR) is 89.9 cm³/mol. The number of nitrogens with zero attached hydrogens (tertiary/aromatic N) is 2. The van der Waals surface area contributed by atoms with E-state index in [4.69, 9.17) is 10.3 Å². The molecule has 1 heterocycles. The van der Waals surface area contributed by atoms with E-state index < -0.39 is 18.8 Å². The monoisotopic (exact) mass is 409 g/mol. The number of aromatic nitrogens is 2. The highest BCUT2D eigenvalue weighted by atomic mass is 35.5. The fraction of sp³-hybridized carbons (Fsp3) is 0.375. The van der Waals surface area contributed by atoms with E-state index in [1.165, 1.54) is 24.3 Å². The Morgan fingerprint density at radius 3 is 2.41 bits per heavy atom. The zero-order chi connectivity index (χ0) is 18.7. The van der Waals surface area contributed by atoms with E-state index >= 15 is 0 Å². The van der Waals surface area contributed by atoms with E-state index in [-0.39, 0.29) is 35.4 Å². The summed E-state index contributed by atoms with van der Waals surface area (Å²) in [6.45, 7) is -6.21. The maximum absolute atomic E-state index is 12.5. The van der Waals surface area contributed by atoms with Crippen molar-refractivity contribution in [3.8, 4) is 11.5 Å². The Morgan fingerprint density at radius 2 is 1.81 bits per heavy atom. The summed E-state index contributed by atoms with van der Waals surface area (Å²) in [5.41, 5.74) is 5.70. The average molecular weight is 410 g/mol. The Labute approximate surface area is 157 Å². The number of ether oxygens (including phenoxy) is 2. The number of benzene rings is 1. The Balaban J connectivity index is 0.00000261. The molecule has 0 bridgehead atoms. The van der Waals surface area contributed by atoms with Crippen LogP contribution in [0.1, 0.15) is 36.5 Å². The zero-order valence-corrected chi connectivity index (χ0v) is 14.6. The second kappa shape index (κ2) is 8.57. The van der Waals surface area contributed by atoms with Crippen LogP contribution < -0.4 is 15.2 Å². The molecule has 1 aromatic heterocycles. The van der Waals surface area contributed by atoms with Crippen molar-refractivity contribution >= 4 is 24.6 Å². The van der Waals surface area contributed by atoms with Crippen molar-refractivity contribution in [1.82, 2.24) is 10.1 Å². The number of rotatable bonds is 7. The lowest BCUT2D eigenvalue weighted by Crippen LogP contribution is -2.44. The maximum atomic E-state index is 12.5. The highest BCUT2D eigenvalue weighted by molar-refractivity contribution is 5.85. The Bertz CT molecular complexity index is 797. The van der Waals surface area contributed by atoms with Crippen LogP contribution in [0.3, 0.4) is 0 Å². The normalized spacial score (nSPS) is 15.7. The summed E-state index contributed by atoms with van der Waals surface area (Å²) >= 11 is 0. The van der Waals surface area contributed by atoms with Gasteiger partial charge in [-0.05, 0) is 37.5 Å². The van der Waals surface area contributed by atoms with Crippen LogP contribution >= 0.6 is 12.4 Å². The quantitative estimate of drug-likeness (QED) is 0.690. The molecular weight excluding hydrogens is 394 g/mol. The molecule has 148 valence electrons. The molecule has 1 saturated carbocycles. The summed E-state index contributed by atoms with van der Waals surface area (Å²) in [5.74, 6) is -0.118. The van der Waals surface area contributed by atoms with Gasteiger partial charge in [0.05, 0.1) is 5.54 Å². The van der Waals surface area contributed by atoms with Gasteiger partial charge >= 0.3 is 13.2 Å². The molecule has 0 atom stereocenters. The number of hydrogen-bond acceptors (Lipinski definition) is 6. The van der Waals surface area contributed by atoms with Crippen LogP contribution in [0.25, 0.3) is 12.2 Å². The lowest BCUT2D eigenvalue weighted by atomic mass is 9.77. The molecule has 1 fully saturated rings. The molecule has 1 aliphatic carbocycles. The lowest BCUT2D eigenvalue weighted by Gasteiger charge is -2.34. The maximum Gasteiger partial charge on any atom is 0.387 e.